The van der Waals surface area contributed by atoms with Crippen LogP contribution in [0.4, 0.5) is 0 Å². The van der Waals surface area contributed by atoms with Crippen LogP contribution in [-0.4, -0.2) is 15.4 Å². The summed E-state index contributed by atoms with van der Waals surface area (Å²) in [5, 5.41) is 10.2. The first kappa shape index (κ1) is 6.95. The van der Waals surface area contributed by atoms with Crippen LogP contribution in [0.15, 0.2) is 6.58 Å². The molecule has 0 saturated heterocycles. The maximum Gasteiger partial charge on any atom is 0.112 e. The van der Waals surface area contributed by atoms with Gasteiger partial charge in [0.15, 0.2) is 0 Å². The molecule has 0 aromatic carbocycles. The predicted molar refractivity (Wildman–Crippen MR) is 41.1 cm³/mol. The standard InChI is InChI=1S/C6H10N4.H2/c1-4(2)6-5(3-7)8-10-9-6;/h1,3,7H2,2H3,(H,8,9,10);1H. The molecular formula is C6H12N4. The van der Waals surface area contributed by atoms with E-state index in [9.17, 15) is 0 Å². The number of allylic oxidation sites excluding steroid dienone is 1. The zero-order valence-corrected chi connectivity index (χ0v) is 5.89. The molecule has 0 aliphatic rings. The van der Waals surface area contributed by atoms with Crippen molar-refractivity contribution in [2.45, 2.75) is 13.5 Å². The maximum absolute atomic E-state index is 5.37. The lowest BCUT2D eigenvalue weighted by Crippen LogP contribution is -1.99. The summed E-state index contributed by atoms with van der Waals surface area (Å²) in [4.78, 5) is 0. The Balaban J connectivity index is 0.000001000. The first-order valence-electron chi connectivity index (χ1n) is 3.01. The average Bonchev–Trinajstić information content (AvgIpc) is 2.33. The van der Waals surface area contributed by atoms with Crippen LogP contribution < -0.4 is 5.73 Å². The van der Waals surface area contributed by atoms with Gasteiger partial charge in [0.2, 0.25) is 0 Å². The number of aromatic amines is 1. The average molecular weight is 140 g/mol. The van der Waals surface area contributed by atoms with Gasteiger partial charge in [0.25, 0.3) is 0 Å². The second kappa shape index (κ2) is 2.62. The van der Waals surface area contributed by atoms with E-state index in [0.717, 1.165) is 17.0 Å². The molecule has 10 heavy (non-hydrogen) atoms. The normalized spacial score (nSPS) is 9.80. The van der Waals surface area contributed by atoms with E-state index in [1.54, 1.807) is 0 Å². The number of nitrogens with two attached hydrogens (primary N) is 1. The van der Waals surface area contributed by atoms with Gasteiger partial charge in [0, 0.05) is 7.97 Å². The summed E-state index contributed by atoms with van der Waals surface area (Å²) in [6.07, 6.45) is 0. The van der Waals surface area contributed by atoms with Crippen LogP contribution in [0.5, 0.6) is 0 Å². The van der Waals surface area contributed by atoms with Gasteiger partial charge in [0.1, 0.15) is 11.4 Å². The van der Waals surface area contributed by atoms with Gasteiger partial charge < -0.3 is 5.73 Å². The van der Waals surface area contributed by atoms with Crippen molar-refractivity contribution in [3.05, 3.63) is 18.0 Å². The van der Waals surface area contributed by atoms with Crippen LogP contribution in [0.2, 0.25) is 0 Å². The lowest BCUT2D eigenvalue weighted by molar-refractivity contribution is 0.898. The van der Waals surface area contributed by atoms with Crippen LogP contribution in [-0.2, 0) is 6.54 Å². The summed E-state index contributed by atoms with van der Waals surface area (Å²) in [5.41, 5.74) is 7.80. The van der Waals surface area contributed by atoms with Gasteiger partial charge in [-0.05, 0) is 12.5 Å². The molecule has 4 nitrogen and oxygen atoms in total. The van der Waals surface area contributed by atoms with E-state index in [4.69, 9.17) is 5.73 Å². The third kappa shape index (κ3) is 1.06. The van der Waals surface area contributed by atoms with Crippen LogP contribution in [0.3, 0.4) is 0 Å². The molecule has 0 fully saturated rings. The summed E-state index contributed by atoms with van der Waals surface area (Å²) in [6, 6.07) is 0. The molecule has 0 saturated carbocycles. The zero-order valence-electron chi connectivity index (χ0n) is 5.89. The van der Waals surface area contributed by atoms with Crippen molar-refractivity contribution in [3.8, 4) is 0 Å². The number of hydrogen-bond acceptors (Lipinski definition) is 3. The molecule has 1 aromatic rings. The van der Waals surface area contributed by atoms with Crippen LogP contribution >= 0.6 is 0 Å². The minimum atomic E-state index is 0. The summed E-state index contributed by atoms with van der Waals surface area (Å²) in [7, 11) is 0. The van der Waals surface area contributed by atoms with E-state index in [1.165, 1.54) is 0 Å². The van der Waals surface area contributed by atoms with E-state index >= 15 is 0 Å². The van der Waals surface area contributed by atoms with E-state index in [1.807, 2.05) is 6.92 Å². The fourth-order valence-electron chi connectivity index (χ4n) is 0.737. The van der Waals surface area contributed by atoms with Gasteiger partial charge in [-0.1, -0.05) is 6.58 Å². The van der Waals surface area contributed by atoms with Gasteiger partial charge in [-0.3, -0.25) is 0 Å². The molecular weight excluding hydrogens is 128 g/mol. The SMILES string of the molecule is C=C(C)c1n[nH]nc1CN.[HH]. The molecule has 1 rings (SSSR count). The quantitative estimate of drug-likeness (QED) is 0.630. The highest BCUT2D eigenvalue weighted by Gasteiger charge is 2.04. The summed E-state index contributed by atoms with van der Waals surface area (Å²) < 4.78 is 0. The molecule has 1 heterocycles. The molecule has 1 aromatic heterocycles. The van der Waals surface area contributed by atoms with Crippen molar-refractivity contribution in [1.29, 1.82) is 0 Å². The lowest BCUT2D eigenvalue weighted by atomic mass is 10.2. The highest BCUT2D eigenvalue weighted by molar-refractivity contribution is 5.59. The second-order valence-electron chi connectivity index (χ2n) is 2.10. The summed E-state index contributed by atoms with van der Waals surface area (Å²) >= 11 is 0. The largest absolute Gasteiger partial charge is 0.325 e. The predicted octanol–water partition coefficient (Wildman–Crippen LogP) is 0.543. The van der Waals surface area contributed by atoms with E-state index in [0.29, 0.717) is 6.54 Å². The van der Waals surface area contributed by atoms with E-state index < -0.39 is 0 Å². The molecule has 4 heteroatoms. The third-order valence-electron chi connectivity index (χ3n) is 1.22. The third-order valence-corrected chi connectivity index (χ3v) is 1.22. The number of aromatic nitrogens is 3. The Hall–Kier alpha value is -1.16. The van der Waals surface area contributed by atoms with Crippen molar-refractivity contribution in [3.63, 3.8) is 0 Å². The first-order chi connectivity index (χ1) is 4.75. The Morgan fingerprint density at radius 3 is 2.90 bits per heavy atom. The van der Waals surface area contributed by atoms with Crippen molar-refractivity contribution in [1.82, 2.24) is 15.4 Å². The van der Waals surface area contributed by atoms with Crippen LogP contribution in [0.1, 0.15) is 19.7 Å². The second-order valence-corrected chi connectivity index (χ2v) is 2.10. The molecule has 0 spiro atoms. The Labute approximate surface area is 60.6 Å². The number of nitrogens with zero attached hydrogens (tertiary/aromatic N) is 2. The number of nitrogens with one attached hydrogen (secondary N) is 1. The summed E-state index contributed by atoms with van der Waals surface area (Å²) in [6.45, 7) is 6.00. The molecule has 0 amide bonds. The molecule has 3 N–H and O–H groups in total. The number of hydrogen-bond donors (Lipinski definition) is 2. The van der Waals surface area contributed by atoms with Gasteiger partial charge in [-0.25, -0.2) is 0 Å². The van der Waals surface area contributed by atoms with Gasteiger partial charge >= 0.3 is 0 Å². The Morgan fingerprint density at radius 1 is 1.80 bits per heavy atom. The monoisotopic (exact) mass is 140 g/mol. The van der Waals surface area contributed by atoms with Gasteiger partial charge in [-0.2, -0.15) is 15.4 Å². The van der Waals surface area contributed by atoms with Crippen molar-refractivity contribution in [2.75, 3.05) is 0 Å². The highest BCUT2D eigenvalue weighted by Crippen LogP contribution is 2.09. The number of rotatable bonds is 2. The zero-order chi connectivity index (χ0) is 7.56. The molecule has 0 unspecified atom stereocenters. The molecule has 0 radical (unpaired) electrons. The van der Waals surface area contributed by atoms with Crippen molar-refractivity contribution in [2.24, 2.45) is 5.73 Å². The van der Waals surface area contributed by atoms with E-state index in [2.05, 4.69) is 22.0 Å². The fourth-order valence-corrected chi connectivity index (χ4v) is 0.737. The van der Waals surface area contributed by atoms with Gasteiger partial charge in [0.05, 0.1) is 0 Å². The van der Waals surface area contributed by atoms with Crippen molar-refractivity contribution >= 4 is 5.57 Å². The van der Waals surface area contributed by atoms with Crippen molar-refractivity contribution < 1.29 is 1.43 Å². The molecule has 0 bridgehead atoms. The molecule has 0 aliphatic carbocycles. The minimum Gasteiger partial charge on any atom is -0.325 e. The molecule has 56 valence electrons. The first-order valence-corrected chi connectivity index (χ1v) is 3.01. The Kier molecular flexibility index (Phi) is 1.82. The number of H-pyrrole nitrogens is 1. The lowest BCUT2D eigenvalue weighted by Gasteiger charge is -1.92. The molecule has 0 aliphatic heterocycles. The van der Waals surface area contributed by atoms with Gasteiger partial charge in [-0.15, -0.1) is 0 Å². The topological polar surface area (TPSA) is 67.6 Å². The fraction of sp³-hybridized carbons (Fsp3) is 0.333. The summed E-state index contributed by atoms with van der Waals surface area (Å²) in [5.74, 6) is 0. The van der Waals surface area contributed by atoms with Crippen LogP contribution in [0, 0.1) is 0 Å². The molecule has 0 atom stereocenters. The Bertz CT molecular complexity index is 242. The minimum absolute atomic E-state index is 0. The Morgan fingerprint density at radius 2 is 2.50 bits per heavy atom. The van der Waals surface area contributed by atoms with Crippen LogP contribution in [0.25, 0.3) is 5.57 Å². The maximum atomic E-state index is 5.37. The smallest absolute Gasteiger partial charge is 0.112 e. The van der Waals surface area contributed by atoms with E-state index in [-0.39, 0.29) is 1.43 Å². The highest BCUT2D eigenvalue weighted by atomic mass is 15.3.